The fourth-order valence-electron chi connectivity index (χ4n) is 2.38. The second-order valence-electron chi connectivity index (χ2n) is 5.19. The van der Waals surface area contributed by atoms with E-state index in [1.807, 2.05) is 13.0 Å². The Kier molecular flexibility index (Phi) is 3.57. The highest BCUT2D eigenvalue weighted by molar-refractivity contribution is 6.14. The molecule has 0 radical (unpaired) electrons. The van der Waals surface area contributed by atoms with Gasteiger partial charge in [0, 0.05) is 16.5 Å². The quantitative estimate of drug-likeness (QED) is 0.691. The first-order valence-corrected chi connectivity index (χ1v) is 6.88. The number of carboxylic acid groups (broad SMARTS) is 1. The average molecular weight is 312 g/mol. The molecule has 0 spiro atoms. The molecule has 0 aliphatic rings. The number of anilines is 1. The van der Waals surface area contributed by atoms with Crippen molar-refractivity contribution in [2.75, 3.05) is 5.32 Å². The molecule has 1 aromatic heterocycles. The maximum absolute atomic E-state index is 12.9. The Morgan fingerprint density at radius 2 is 1.83 bits per heavy atom. The van der Waals surface area contributed by atoms with Crippen LogP contribution in [0.5, 0.6) is 0 Å². The number of halogens is 1. The first kappa shape index (κ1) is 14.8. The number of rotatable bonds is 3. The van der Waals surface area contributed by atoms with Gasteiger partial charge >= 0.3 is 5.97 Å². The van der Waals surface area contributed by atoms with E-state index in [2.05, 4.69) is 10.3 Å². The van der Waals surface area contributed by atoms with Gasteiger partial charge in [0.1, 0.15) is 11.5 Å². The molecule has 0 aliphatic heterocycles. The Balaban J connectivity index is 2.05. The average Bonchev–Trinajstić information content (AvgIpc) is 2.86. The highest BCUT2D eigenvalue weighted by Crippen LogP contribution is 2.29. The smallest absolute Gasteiger partial charge is 0.354 e. The van der Waals surface area contributed by atoms with Crippen LogP contribution in [-0.4, -0.2) is 22.0 Å². The van der Waals surface area contributed by atoms with Crippen LogP contribution in [0.2, 0.25) is 0 Å². The molecule has 0 saturated carbocycles. The topological polar surface area (TPSA) is 82.2 Å². The number of hydrogen-bond donors (Lipinski definition) is 3. The number of aromatic carboxylic acids is 1. The molecular formula is C17H13FN2O3. The predicted octanol–water partition coefficient (Wildman–Crippen LogP) is 3.57. The zero-order valence-electron chi connectivity index (χ0n) is 12.2. The van der Waals surface area contributed by atoms with Crippen LogP contribution in [-0.2, 0) is 0 Å². The molecule has 23 heavy (non-hydrogen) atoms. The van der Waals surface area contributed by atoms with E-state index in [0.717, 1.165) is 5.56 Å². The molecule has 6 heteroatoms. The van der Waals surface area contributed by atoms with Crippen molar-refractivity contribution >= 4 is 28.5 Å². The van der Waals surface area contributed by atoms with Crippen LogP contribution >= 0.6 is 0 Å². The van der Waals surface area contributed by atoms with Crippen molar-refractivity contribution in [3.05, 3.63) is 65.1 Å². The number of H-pyrrole nitrogens is 1. The fourth-order valence-corrected chi connectivity index (χ4v) is 2.38. The Morgan fingerprint density at radius 1 is 1.13 bits per heavy atom. The minimum absolute atomic E-state index is 0.0962. The van der Waals surface area contributed by atoms with E-state index in [0.29, 0.717) is 10.9 Å². The molecule has 5 nitrogen and oxygen atoms in total. The SMILES string of the molecule is Cc1ccc2[nH]c(C(=O)O)c(NC(=O)c3ccc(F)cc3)c2c1. The lowest BCUT2D eigenvalue weighted by Crippen LogP contribution is -2.14. The number of aromatic amines is 1. The van der Waals surface area contributed by atoms with Gasteiger partial charge in [0.2, 0.25) is 0 Å². The molecule has 1 amide bonds. The fraction of sp³-hybridized carbons (Fsp3) is 0.0588. The Hall–Kier alpha value is -3.15. The largest absolute Gasteiger partial charge is 0.477 e. The number of carbonyl (C=O) groups is 2. The summed E-state index contributed by atoms with van der Waals surface area (Å²) in [4.78, 5) is 26.5. The number of benzene rings is 2. The number of hydrogen-bond acceptors (Lipinski definition) is 2. The first-order chi connectivity index (χ1) is 11.0. The summed E-state index contributed by atoms with van der Waals surface area (Å²) in [6, 6.07) is 10.4. The van der Waals surface area contributed by atoms with Crippen molar-refractivity contribution in [3.63, 3.8) is 0 Å². The summed E-state index contributed by atoms with van der Waals surface area (Å²) in [5.41, 5.74) is 1.89. The third-order valence-electron chi connectivity index (χ3n) is 3.51. The van der Waals surface area contributed by atoms with Gasteiger partial charge in [-0.25, -0.2) is 9.18 Å². The first-order valence-electron chi connectivity index (χ1n) is 6.88. The van der Waals surface area contributed by atoms with Gasteiger partial charge in [0.05, 0.1) is 5.69 Å². The normalized spacial score (nSPS) is 10.7. The van der Waals surface area contributed by atoms with Crippen LogP contribution in [0, 0.1) is 12.7 Å². The van der Waals surface area contributed by atoms with E-state index >= 15 is 0 Å². The molecule has 0 fully saturated rings. The number of nitrogens with one attached hydrogen (secondary N) is 2. The van der Waals surface area contributed by atoms with E-state index in [1.165, 1.54) is 24.3 Å². The second kappa shape index (κ2) is 5.57. The molecule has 0 atom stereocenters. The summed E-state index contributed by atoms with van der Waals surface area (Å²) in [5.74, 6) is -2.13. The Morgan fingerprint density at radius 3 is 2.48 bits per heavy atom. The van der Waals surface area contributed by atoms with Gasteiger partial charge in [0.15, 0.2) is 0 Å². The van der Waals surface area contributed by atoms with Crippen molar-refractivity contribution in [3.8, 4) is 0 Å². The van der Waals surface area contributed by atoms with E-state index < -0.39 is 17.7 Å². The van der Waals surface area contributed by atoms with Crippen molar-refractivity contribution in [2.45, 2.75) is 6.92 Å². The molecular weight excluding hydrogens is 299 g/mol. The molecule has 0 bridgehead atoms. The third kappa shape index (κ3) is 2.78. The summed E-state index contributed by atoms with van der Waals surface area (Å²) in [6.07, 6.45) is 0. The maximum atomic E-state index is 12.9. The van der Waals surface area contributed by atoms with Gasteiger partial charge in [-0.05, 0) is 43.3 Å². The molecule has 3 rings (SSSR count). The number of fused-ring (bicyclic) bond motifs is 1. The summed E-state index contributed by atoms with van der Waals surface area (Å²) < 4.78 is 12.9. The third-order valence-corrected chi connectivity index (χ3v) is 3.51. The molecule has 0 unspecified atom stereocenters. The van der Waals surface area contributed by atoms with Crippen molar-refractivity contribution in [1.82, 2.24) is 4.98 Å². The van der Waals surface area contributed by atoms with Crippen LogP contribution in [0.15, 0.2) is 42.5 Å². The minimum Gasteiger partial charge on any atom is -0.477 e. The Bertz CT molecular complexity index is 913. The lowest BCUT2D eigenvalue weighted by Gasteiger charge is -2.06. The van der Waals surface area contributed by atoms with Crippen molar-refractivity contribution in [2.24, 2.45) is 0 Å². The van der Waals surface area contributed by atoms with Crippen LogP contribution in [0.4, 0.5) is 10.1 Å². The number of aromatic nitrogens is 1. The zero-order valence-corrected chi connectivity index (χ0v) is 12.2. The summed E-state index contributed by atoms with van der Waals surface area (Å²) in [5, 5.41) is 12.5. The van der Waals surface area contributed by atoms with E-state index in [4.69, 9.17) is 0 Å². The highest BCUT2D eigenvalue weighted by Gasteiger charge is 2.19. The summed E-state index contributed by atoms with van der Waals surface area (Å²) >= 11 is 0. The number of amides is 1. The van der Waals surface area contributed by atoms with Crippen molar-refractivity contribution < 1.29 is 19.1 Å². The molecule has 116 valence electrons. The lowest BCUT2D eigenvalue weighted by atomic mass is 10.1. The van der Waals surface area contributed by atoms with Gasteiger partial charge in [-0.1, -0.05) is 11.6 Å². The van der Waals surface area contributed by atoms with Crippen LogP contribution in [0.25, 0.3) is 10.9 Å². The Labute approximate surface area is 130 Å². The highest BCUT2D eigenvalue weighted by atomic mass is 19.1. The van der Waals surface area contributed by atoms with E-state index in [9.17, 15) is 19.1 Å². The zero-order chi connectivity index (χ0) is 16.6. The van der Waals surface area contributed by atoms with Crippen LogP contribution in [0.1, 0.15) is 26.4 Å². The van der Waals surface area contributed by atoms with Gasteiger partial charge in [0.25, 0.3) is 5.91 Å². The molecule has 3 N–H and O–H groups in total. The minimum atomic E-state index is -1.17. The predicted molar refractivity (Wildman–Crippen MR) is 84.3 cm³/mol. The molecule has 3 aromatic rings. The van der Waals surface area contributed by atoms with Crippen LogP contribution < -0.4 is 5.32 Å². The van der Waals surface area contributed by atoms with E-state index in [1.54, 1.807) is 12.1 Å². The standard InChI is InChI=1S/C17H13FN2O3/c1-9-2-7-13-12(8-9)14(15(19-13)17(22)23)20-16(21)10-3-5-11(18)6-4-10/h2-8,19H,1H3,(H,20,21)(H,22,23). The van der Waals surface area contributed by atoms with Gasteiger partial charge in [-0.15, -0.1) is 0 Å². The maximum Gasteiger partial charge on any atom is 0.354 e. The molecule has 0 aliphatic carbocycles. The molecule has 1 heterocycles. The number of carboxylic acids is 1. The number of aryl methyl sites for hydroxylation is 1. The summed E-state index contributed by atoms with van der Waals surface area (Å²) in [6.45, 7) is 1.87. The molecule has 2 aromatic carbocycles. The van der Waals surface area contributed by atoms with Gasteiger partial charge < -0.3 is 15.4 Å². The number of carbonyl (C=O) groups excluding carboxylic acids is 1. The lowest BCUT2D eigenvalue weighted by molar-refractivity contribution is 0.0692. The summed E-state index contributed by atoms with van der Waals surface area (Å²) in [7, 11) is 0. The van der Waals surface area contributed by atoms with E-state index in [-0.39, 0.29) is 16.9 Å². The van der Waals surface area contributed by atoms with Crippen molar-refractivity contribution in [1.29, 1.82) is 0 Å². The van der Waals surface area contributed by atoms with Gasteiger partial charge in [-0.2, -0.15) is 0 Å². The second-order valence-corrected chi connectivity index (χ2v) is 5.19. The van der Waals surface area contributed by atoms with Gasteiger partial charge in [-0.3, -0.25) is 4.79 Å². The molecule has 0 saturated heterocycles. The monoisotopic (exact) mass is 312 g/mol. The van der Waals surface area contributed by atoms with Crippen LogP contribution in [0.3, 0.4) is 0 Å².